The number of benzene rings is 1. The van der Waals surface area contributed by atoms with Gasteiger partial charge in [-0.3, -0.25) is 0 Å². The third-order valence-corrected chi connectivity index (χ3v) is 2.32. The van der Waals surface area contributed by atoms with Gasteiger partial charge in [0.05, 0.1) is 0 Å². The molecule has 0 aliphatic heterocycles. The average Bonchev–Trinajstić information content (AvgIpc) is 2.31. The van der Waals surface area contributed by atoms with Gasteiger partial charge in [0.15, 0.2) is 6.29 Å². The average molecular weight is 221 g/mol. The minimum Gasteiger partial charge on any atom is -0.378 e. The molecule has 16 heavy (non-hydrogen) atoms. The summed E-state index contributed by atoms with van der Waals surface area (Å²) in [4.78, 5) is 2.07. The summed E-state index contributed by atoms with van der Waals surface area (Å²) in [6.45, 7) is 0. The van der Waals surface area contributed by atoms with E-state index in [2.05, 4.69) is 29.2 Å². The Kier molecular flexibility index (Phi) is 5.02. The molecule has 0 fully saturated rings. The van der Waals surface area contributed by atoms with E-state index >= 15 is 0 Å². The highest BCUT2D eigenvalue weighted by molar-refractivity contribution is 5.55. The van der Waals surface area contributed by atoms with Crippen LogP contribution in [0.3, 0.4) is 0 Å². The molecule has 88 valence electrons. The van der Waals surface area contributed by atoms with E-state index in [1.165, 1.54) is 5.69 Å². The fourth-order valence-electron chi connectivity index (χ4n) is 1.33. The molecule has 0 bridgehead atoms. The van der Waals surface area contributed by atoms with Gasteiger partial charge in [0.25, 0.3) is 0 Å². The fraction of sp³-hybridized carbons (Fsp3) is 0.385. The lowest BCUT2D eigenvalue weighted by atomic mass is 10.2. The Morgan fingerprint density at radius 2 is 1.62 bits per heavy atom. The molecule has 0 aromatic heterocycles. The monoisotopic (exact) mass is 221 g/mol. The highest BCUT2D eigenvalue weighted by Gasteiger charge is 1.98. The van der Waals surface area contributed by atoms with Gasteiger partial charge < -0.3 is 14.4 Å². The van der Waals surface area contributed by atoms with Gasteiger partial charge in [-0.25, -0.2) is 0 Å². The summed E-state index contributed by atoms with van der Waals surface area (Å²) in [5, 5.41) is 0. The molecule has 0 saturated carbocycles. The summed E-state index contributed by atoms with van der Waals surface area (Å²) in [6, 6.07) is 8.28. The van der Waals surface area contributed by atoms with Gasteiger partial charge in [0.1, 0.15) is 0 Å². The van der Waals surface area contributed by atoms with E-state index in [4.69, 9.17) is 9.47 Å². The largest absolute Gasteiger partial charge is 0.378 e. The normalized spacial score (nSPS) is 11.3. The van der Waals surface area contributed by atoms with Crippen molar-refractivity contribution in [1.82, 2.24) is 0 Å². The molecule has 1 aromatic rings. The lowest BCUT2D eigenvalue weighted by Crippen LogP contribution is -2.08. The van der Waals surface area contributed by atoms with Gasteiger partial charge in [0, 0.05) is 34.0 Å². The molecule has 3 nitrogen and oxygen atoms in total. The quantitative estimate of drug-likeness (QED) is 0.713. The molecular formula is C13H19NO2. The Balaban J connectivity index is 2.68. The second kappa shape index (κ2) is 6.30. The minimum absolute atomic E-state index is 0.284. The molecule has 0 aliphatic carbocycles. The smallest absolute Gasteiger partial charge is 0.176 e. The number of hydrogen-bond acceptors (Lipinski definition) is 3. The van der Waals surface area contributed by atoms with Crippen LogP contribution in [0.25, 0.3) is 6.08 Å². The van der Waals surface area contributed by atoms with Crippen LogP contribution in [0.4, 0.5) is 5.69 Å². The van der Waals surface area contributed by atoms with Gasteiger partial charge in [-0.15, -0.1) is 0 Å². The summed E-state index contributed by atoms with van der Waals surface area (Å²) < 4.78 is 10.1. The van der Waals surface area contributed by atoms with Crippen LogP contribution in [-0.2, 0) is 9.47 Å². The maximum absolute atomic E-state index is 5.07. The Hall–Kier alpha value is -1.32. The molecule has 0 amide bonds. The van der Waals surface area contributed by atoms with Gasteiger partial charge in [-0.1, -0.05) is 18.2 Å². The Labute approximate surface area is 97.3 Å². The standard InChI is InChI=1S/C13H19NO2/c1-14(2)12-8-5-11(6-9-12)7-10-13(15-3)16-4/h5-10,13H,1-4H3. The van der Waals surface area contributed by atoms with E-state index in [1.807, 2.05) is 26.2 Å². The van der Waals surface area contributed by atoms with E-state index < -0.39 is 0 Å². The van der Waals surface area contributed by atoms with Crippen molar-refractivity contribution in [2.75, 3.05) is 33.2 Å². The van der Waals surface area contributed by atoms with Crippen LogP contribution < -0.4 is 4.90 Å². The van der Waals surface area contributed by atoms with Crippen LogP contribution in [0, 0.1) is 0 Å². The molecule has 0 aliphatic rings. The minimum atomic E-state index is -0.284. The molecule has 0 heterocycles. The number of nitrogens with zero attached hydrogens (tertiary/aromatic N) is 1. The van der Waals surface area contributed by atoms with Crippen molar-refractivity contribution in [2.24, 2.45) is 0 Å². The van der Waals surface area contributed by atoms with Crippen molar-refractivity contribution >= 4 is 11.8 Å². The lowest BCUT2D eigenvalue weighted by Gasteiger charge is -2.12. The van der Waals surface area contributed by atoms with Gasteiger partial charge in [-0.05, 0) is 23.8 Å². The third-order valence-electron chi connectivity index (χ3n) is 2.32. The summed E-state index contributed by atoms with van der Waals surface area (Å²) in [7, 11) is 7.29. The van der Waals surface area contributed by atoms with Crippen LogP contribution in [0.2, 0.25) is 0 Å². The number of anilines is 1. The number of ether oxygens (including phenoxy) is 2. The van der Waals surface area contributed by atoms with Gasteiger partial charge in [0.2, 0.25) is 0 Å². The van der Waals surface area contributed by atoms with E-state index in [-0.39, 0.29) is 6.29 Å². The molecule has 0 unspecified atom stereocenters. The molecule has 3 heteroatoms. The first-order chi connectivity index (χ1) is 7.67. The second-order valence-corrected chi connectivity index (χ2v) is 3.68. The molecular weight excluding hydrogens is 202 g/mol. The highest BCUT2D eigenvalue weighted by atomic mass is 16.7. The van der Waals surface area contributed by atoms with Crippen molar-refractivity contribution in [3.05, 3.63) is 35.9 Å². The van der Waals surface area contributed by atoms with Crippen LogP contribution in [-0.4, -0.2) is 34.6 Å². The topological polar surface area (TPSA) is 21.7 Å². The number of methoxy groups -OCH3 is 2. The molecule has 0 atom stereocenters. The van der Waals surface area contributed by atoms with E-state index in [0.29, 0.717) is 0 Å². The summed E-state index contributed by atoms with van der Waals surface area (Å²) in [6.07, 6.45) is 3.58. The summed E-state index contributed by atoms with van der Waals surface area (Å²) in [5.74, 6) is 0. The number of rotatable bonds is 5. The van der Waals surface area contributed by atoms with Crippen molar-refractivity contribution in [3.63, 3.8) is 0 Å². The highest BCUT2D eigenvalue weighted by Crippen LogP contribution is 2.13. The SMILES string of the molecule is COC(C=Cc1ccc(N(C)C)cc1)OC. The Morgan fingerprint density at radius 1 is 1.06 bits per heavy atom. The van der Waals surface area contributed by atoms with Crippen LogP contribution >= 0.6 is 0 Å². The first-order valence-corrected chi connectivity index (χ1v) is 5.18. The van der Waals surface area contributed by atoms with E-state index in [9.17, 15) is 0 Å². The Morgan fingerprint density at radius 3 is 2.06 bits per heavy atom. The zero-order valence-electron chi connectivity index (χ0n) is 10.3. The Bertz CT molecular complexity index is 326. The molecule has 1 aromatic carbocycles. The van der Waals surface area contributed by atoms with Crippen molar-refractivity contribution in [1.29, 1.82) is 0 Å². The van der Waals surface area contributed by atoms with Crippen molar-refractivity contribution in [2.45, 2.75) is 6.29 Å². The van der Waals surface area contributed by atoms with Gasteiger partial charge in [-0.2, -0.15) is 0 Å². The predicted molar refractivity (Wildman–Crippen MR) is 67.6 cm³/mol. The second-order valence-electron chi connectivity index (χ2n) is 3.68. The third kappa shape index (κ3) is 3.68. The zero-order valence-corrected chi connectivity index (χ0v) is 10.3. The molecule has 0 N–H and O–H groups in total. The molecule has 0 radical (unpaired) electrons. The van der Waals surface area contributed by atoms with Crippen LogP contribution in [0.1, 0.15) is 5.56 Å². The van der Waals surface area contributed by atoms with E-state index in [1.54, 1.807) is 14.2 Å². The maximum atomic E-state index is 5.07. The van der Waals surface area contributed by atoms with Crippen molar-refractivity contribution in [3.8, 4) is 0 Å². The summed E-state index contributed by atoms with van der Waals surface area (Å²) >= 11 is 0. The lowest BCUT2D eigenvalue weighted by molar-refractivity contribution is -0.0660. The van der Waals surface area contributed by atoms with E-state index in [0.717, 1.165) is 5.56 Å². The maximum Gasteiger partial charge on any atom is 0.176 e. The fourth-order valence-corrected chi connectivity index (χ4v) is 1.33. The molecule has 0 spiro atoms. The van der Waals surface area contributed by atoms with Crippen molar-refractivity contribution < 1.29 is 9.47 Å². The summed E-state index contributed by atoms with van der Waals surface area (Å²) in [5.41, 5.74) is 2.32. The first kappa shape index (κ1) is 12.7. The number of hydrogen-bond donors (Lipinski definition) is 0. The van der Waals surface area contributed by atoms with Crippen LogP contribution in [0.5, 0.6) is 0 Å². The van der Waals surface area contributed by atoms with Gasteiger partial charge >= 0.3 is 0 Å². The predicted octanol–water partition coefficient (Wildman–Crippen LogP) is 2.38. The van der Waals surface area contributed by atoms with Crippen LogP contribution in [0.15, 0.2) is 30.3 Å². The first-order valence-electron chi connectivity index (χ1n) is 5.18. The zero-order chi connectivity index (χ0) is 12.0. The molecule has 0 saturated heterocycles. The molecule has 1 rings (SSSR count).